The summed E-state index contributed by atoms with van der Waals surface area (Å²) in [7, 11) is 0. The molecule has 3 nitrogen and oxygen atoms in total. The number of rotatable bonds is 2. The molecule has 0 aliphatic heterocycles. The minimum Gasteiger partial charge on any atom is -0.294 e. The zero-order chi connectivity index (χ0) is 13.3. The van der Waals surface area contributed by atoms with Gasteiger partial charge in [-0.15, -0.1) is 0 Å². The number of hydrogen-bond donors (Lipinski definition) is 0. The molecule has 0 atom stereocenters. The Morgan fingerprint density at radius 2 is 2.00 bits per heavy atom. The van der Waals surface area contributed by atoms with Gasteiger partial charge in [0.25, 0.3) is 5.56 Å². The van der Waals surface area contributed by atoms with E-state index in [0.29, 0.717) is 20.2 Å². The van der Waals surface area contributed by atoms with E-state index in [1.807, 2.05) is 28.7 Å². The topological polar surface area (TPSA) is 34.9 Å². The molecule has 0 aliphatic rings. The third-order valence-corrected chi connectivity index (χ3v) is 4.75. The van der Waals surface area contributed by atoms with Crippen molar-refractivity contribution in [3.63, 3.8) is 0 Å². The van der Waals surface area contributed by atoms with E-state index in [2.05, 4.69) is 4.98 Å². The number of nitrogens with zero attached hydrogens (tertiary/aromatic N) is 2. The quantitative estimate of drug-likeness (QED) is 0.552. The molecule has 94 valence electrons. The number of benzene rings is 1. The van der Waals surface area contributed by atoms with Gasteiger partial charge in [-0.2, -0.15) is 0 Å². The fourth-order valence-corrected chi connectivity index (χ4v) is 2.36. The Labute approximate surface area is 132 Å². The molecule has 18 heavy (non-hydrogen) atoms. The Kier molecular flexibility index (Phi) is 4.53. The summed E-state index contributed by atoms with van der Waals surface area (Å²) in [5, 5.41) is 1.10. The van der Waals surface area contributed by atoms with Crippen LogP contribution >= 0.6 is 57.4 Å². The summed E-state index contributed by atoms with van der Waals surface area (Å²) in [6.07, 6.45) is 1.39. The van der Waals surface area contributed by atoms with Gasteiger partial charge in [0.2, 0.25) is 0 Å². The van der Waals surface area contributed by atoms with Crippen LogP contribution in [0.1, 0.15) is 5.56 Å². The molecule has 0 fully saturated rings. The van der Waals surface area contributed by atoms with Crippen LogP contribution in [0.25, 0.3) is 0 Å². The highest BCUT2D eigenvalue weighted by Gasteiger charge is 2.10. The zero-order valence-electron chi connectivity index (χ0n) is 8.83. The van der Waals surface area contributed by atoms with Gasteiger partial charge >= 0.3 is 0 Å². The molecule has 0 saturated heterocycles. The summed E-state index contributed by atoms with van der Waals surface area (Å²) in [5.74, 6) is 0. The van der Waals surface area contributed by atoms with Crippen LogP contribution in [0.4, 0.5) is 0 Å². The standard InChI is InChI=1S/C11H6Cl3IN2O/c12-7-3-1-2-6(8(7)13)4-17-5-16-10(14)9(15)11(17)18/h1-3,5H,4H2. The molecule has 2 aromatic rings. The monoisotopic (exact) mass is 414 g/mol. The number of aromatic nitrogens is 2. The van der Waals surface area contributed by atoms with E-state index in [-0.39, 0.29) is 10.7 Å². The second kappa shape index (κ2) is 5.77. The number of hydrogen-bond acceptors (Lipinski definition) is 2. The molecule has 0 amide bonds. The average molecular weight is 415 g/mol. The summed E-state index contributed by atoms with van der Waals surface area (Å²) < 4.78 is 1.82. The molecule has 1 aromatic heterocycles. The van der Waals surface area contributed by atoms with Crippen molar-refractivity contribution in [1.29, 1.82) is 0 Å². The molecule has 0 N–H and O–H groups in total. The van der Waals surface area contributed by atoms with Crippen molar-refractivity contribution < 1.29 is 0 Å². The lowest BCUT2D eigenvalue weighted by Crippen LogP contribution is -2.23. The molecule has 7 heteroatoms. The molecule has 0 unspecified atom stereocenters. The van der Waals surface area contributed by atoms with Crippen LogP contribution in [-0.2, 0) is 6.54 Å². The first-order chi connectivity index (χ1) is 8.50. The Balaban J connectivity index is 2.44. The van der Waals surface area contributed by atoms with Gasteiger partial charge in [-0.25, -0.2) is 4.98 Å². The van der Waals surface area contributed by atoms with Crippen LogP contribution in [0, 0.1) is 3.57 Å². The van der Waals surface area contributed by atoms with Gasteiger partial charge in [0.1, 0.15) is 8.72 Å². The van der Waals surface area contributed by atoms with Gasteiger partial charge in [-0.05, 0) is 34.2 Å². The summed E-state index contributed by atoms with van der Waals surface area (Å²) in [4.78, 5) is 15.9. The van der Waals surface area contributed by atoms with Gasteiger partial charge in [0.15, 0.2) is 0 Å². The summed E-state index contributed by atoms with van der Waals surface area (Å²) in [6.45, 7) is 0.304. The molecule has 0 spiro atoms. The van der Waals surface area contributed by atoms with Crippen molar-refractivity contribution in [3.8, 4) is 0 Å². The lowest BCUT2D eigenvalue weighted by atomic mass is 10.2. The third-order valence-electron chi connectivity index (χ3n) is 2.31. The maximum Gasteiger partial charge on any atom is 0.268 e. The molecule has 1 aromatic carbocycles. The van der Waals surface area contributed by atoms with Crippen molar-refractivity contribution in [1.82, 2.24) is 9.55 Å². The second-order valence-electron chi connectivity index (χ2n) is 3.50. The Bertz CT molecular complexity index is 657. The van der Waals surface area contributed by atoms with Crippen LogP contribution in [0.15, 0.2) is 29.3 Å². The minimum absolute atomic E-state index is 0.202. The lowest BCUT2D eigenvalue weighted by molar-refractivity contribution is 0.730. The van der Waals surface area contributed by atoms with Crippen LogP contribution in [0.3, 0.4) is 0 Å². The molecular formula is C11H6Cl3IN2O. The van der Waals surface area contributed by atoms with Crippen molar-refractivity contribution in [2.45, 2.75) is 6.54 Å². The smallest absolute Gasteiger partial charge is 0.268 e. The third kappa shape index (κ3) is 2.82. The van der Waals surface area contributed by atoms with E-state index in [9.17, 15) is 4.79 Å². The Morgan fingerprint density at radius 3 is 2.72 bits per heavy atom. The average Bonchev–Trinajstić information content (AvgIpc) is 2.35. The van der Waals surface area contributed by atoms with Gasteiger partial charge < -0.3 is 0 Å². The molecule has 2 rings (SSSR count). The Hall–Kier alpha value is -0.300. The fourth-order valence-electron chi connectivity index (χ4n) is 1.41. The van der Waals surface area contributed by atoms with Crippen molar-refractivity contribution in [3.05, 3.63) is 59.2 Å². The second-order valence-corrected chi connectivity index (χ2v) is 5.72. The summed E-state index contributed by atoms with van der Waals surface area (Å²) in [5.41, 5.74) is 0.554. The highest BCUT2D eigenvalue weighted by atomic mass is 127. The minimum atomic E-state index is -0.202. The summed E-state index contributed by atoms with van der Waals surface area (Å²) >= 11 is 19.6. The van der Waals surface area contributed by atoms with E-state index in [1.54, 1.807) is 12.1 Å². The van der Waals surface area contributed by atoms with Crippen molar-refractivity contribution in [2.24, 2.45) is 0 Å². The van der Waals surface area contributed by atoms with E-state index in [0.717, 1.165) is 5.56 Å². The molecule has 0 saturated carbocycles. The van der Waals surface area contributed by atoms with E-state index in [1.165, 1.54) is 10.9 Å². The van der Waals surface area contributed by atoms with Crippen LogP contribution < -0.4 is 5.56 Å². The molecule has 0 bridgehead atoms. The first kappa shape index (κ1) is 14.1. The molecule has 0 aliphatic carbocycles. The SMILES string of the molecule is O=c1c(I)c(Cl)ncn1Cc1cccc(Cl)c1Cl. The highest BCUT2D eigenvalue weighted by molar-refractivity contribution is 14.1. The van der Waals surface area contributed by atoms with Crippen molar-refractivity contribution >= 4 is 57.4 Å². The molecule has 1 heterocycles. The molecular weight excluding hydrogens is 409 g/mol. The van der Waals surface area contributed by atoms with Gasteiger partial charge in [-0.3, -0.25) is 9.36 Å². The maximum atomic E-state index is 11.9. The molecule has 0 radical (unpaired) electrons. The normalized spacial score (nSPS) is 10.7. The van der Waals surface area contributed by atoms with Crippen LogP contribution in [-0.4, -0.2) is 9.55 Å². The van der Waals surface area contributed by atoms with Crippen LogP contribution in [0.5, 0.6) is 0 Å². The highest BCUT2D eigenvalue weighted by Crippen LogP contribution is 2.25. The first-order valence-electron chi connectivity index (χ1n) is 4.84. The van der Waals surface area contributed by atoms with E-state index in [4.69, 9.17) is 34.8 Å². The summed E-state index contributed by atoms with van der Waals surface area (Å²) in [6, 6.07) is 5.28. The maximum absolute atomic E-state index is 11.9. The van der Waals surface area contributed by atoms with E-state index >= 15 is 0 Å². The first-order valence-corrected chi connectivity index (χ1v) is 7.05. The largest absolute Gasteiger partial charge is 0.294 e. The predicted molar refractivity (Wildman–Crippen MR) is 81.8 cm³/mol. The van der Waals surface area contributed by atoms with Crippen molar-refractivity contribution in [2.75, 3.05) is 0 Å². The van der Waals surface area contributed by atoms with E-state index < -0.39 is 0 Å². The predicted octanol–water partition coefficient (Wildman–Crippen LogP) is 3.86. The Morgan fingerprint density at radius 1 is 1.28 bits per heavy atom. The fraction of sp³-hybridized carbons (Fsp3) is 0.0909. The number of halogens is 4. The van der Waals surface area contributed by atoms with Crippen LogP contribution in [0.2, 0.25) is 15.2 Å². The lowest BCUT2D eigenvalue weighted by Gasteiger charge is -2.08. The van der Waals surface area contributed by atoms with Gasteiger partial charge in [-0.1, -0.05) is 46.9 Å². The van der Waals surface area contributed by atoms with Gasteiger partial charge in [0, 0.05) is 0 Å². The zero-order valence-corrected chi connectivity index (χ0v) is 13.3. The van der Waals surface area contributed by atoms with Gasteiger partial charge in [0.05, 0.1) is 22.9 Å².